The summed E-state index contributed by atoms with van der Waals surface area (Å²) < 4.78 is 2.04. The van der Waals surface area contributed by atoms with Crippen LogP contribution in [0, 0.1) is 12.8 Å². The predicted octanol–water partition coefficient (Wildman–Crippen LogP) is 3.31. The zero-order valence-electron chi connectivity index (χ0n) is 10.4. The van der Waals surface area contributed by atoms with Crippen LogP contribution in [0.1, 0.15) is 57.2 Å². The summed E-state index contributed by atoms with van der Waals surface area (Å²) in [5.41, 5.74) is 7.00. The van der Waals surface area contributed by atoms with Crippen LogP contribution in [-0.2, 0) is 0 Å². The van der Waals surface area contributed by atoms with Gasteiger partial charge < -0.3 is 5.73 Å². The molecule has 90 valence electrons. The number of nitrogens with two attached hydrogens (primary N) is 1. The Hall–Kier alpha value is -0.990. The fraction of sp³-hybridized carbons (Fsp3) is 0.769. The van der Waals surface area contributed by atoms with E-state index in [2.05, 4.69) is 12.0 Å². The van der Waals surface area contributed by atoms with E-state index in [-0.39, 0.29) is 0 Å². The molecule has 1 heterocycles. The van der Waals surface area contributed by atoms with E-state index in [1.54, 1.807) is 0 Å². The lowest BCUT2D eigenvalue weighted by atomic mass is 9.83. The van der Waals surface area contributed by atoms with Gasteiger partial charge in [0.25, 0.3) is 0 Å². The predicted molar refractivity (Wildman–Crippen MR) is 67.3 cm³/mol. The molecule has 0 atom stereocenters. The van der Waals surface area contributed by atoms with E-state index in [1.165, 1.54) is 38.5 Å². The molecular weight excluding hydrogens is 198 g/mol. The Kier molecular flexibility index (Phi) is 3.52. The molecule has 0 spiro atoms. The third-order valence-corrected chi connectivity index (χ3v) is 3.75. The summed E-state index contributed by atoms with van der Waals surface area (Å²) in [6.45, 7) is 4.29. The van der Waals surface area contributed by atoms with Crippen molar-refractivity contribution in [1.29, 1.82) is 0 Å². The van der Waals surface area contributed by atoms with Gasteiger partial charge in [0.2, 0.25) is 0 Å². The highest BCUT2D eigenvalue weighted by molar-refractivity contribution is 5.30. The van der Waals surface area contributed by atoms with E-state index in [4.69, 9.17) is 5.73 Å². The van der Waals surface area contributed by atoms with Gasteiger partial charge in [-0.2, -0.15) is 5.10 Å². The molecule has 3 nitrogen and oxygen atoms in total. The van der Waals surface area contributed by atoms with Gasteiger partial charge in [-0.15, -0.1) is 0 Å². The molecule has 0 amide bonds. The number of aromatic nitrogens is 2. The lowest BCUT2D eigenvalue weighted by Gasteiger charge is -2.29. The molecule has 3 heteroatoms. The van der Waals surface area contributed by atoms with Gasteiger partial charge in [0.05, 0.1) is 11.7 Å². The van der Waals surface area contributed by atoms with Gasteiger partial charge >= 0.3 is 0 Å². The summed E-state index contributed by atoms with van der Waals surface area (Å²) in [4.78, 5) is 0. The van der Waals surface area contributed by atoms with Crippen molar-refractivity contribution in [3.63, 3.8) is 0 Å². The molecule has 1 aliphatic carbocycles. The highest BCUT2D eigenvalue weighted by Gasteiger charge is 2.23. The minimum Gasteiger partial charge on any atom is -0.384 e. The third kappa shape index (κ3) is 2.39. The average molecular weight is 221 g/mol. The van der Waals surface area contributed by atoms with Crippen LogP contribution in [0.15, 0.2) is 6.07 Å². The summed E-state index contributed by atoms with van der Waals surface area (Å²) in [6.07, 6.45) is 7.89. The average Bonchev–Trinajstić information content (AvgIpc) is 2.59. The van der Waals surface area contributed by atoms with Crippen LogP contribution in [0.25, 0.3) is 0 Å². The number of aryl methyl sites for hydroxylation is 1. The molecule has 1 aromatic heterocycles. The SMILES string of the molecule is CCCC1CCC(n2nc(C)cc2N)CC1. The van der Waals surface area contributed by atoms with E-state index < -0.39 is 0 Å². The topological polar surface area (TPSA) is 43.8 Å². The van der Waals surface area contributed by atoms with Crippen molar-refractivity contribution >= 4 is 5.82 Å². The molecule has 0 saturated heterocycles. The van der Waals surface area contributed by atoms with Gasteiger partial charge in [0.15, 0.2) is 0 Å². The number of hydrogen-bond donors (Lipinski definition) is 1. The normalized spacial score (nSPS) is 25.9. The van der Waals surface area contributed by atoms with Crippen LogP contribution in [0.4, 0.5) is 5.82 Å². The Labute approximate surface area is 98.0 Å². The molecule has 2 rings (SSSR count). The van der Waals surface area contributed by atoms with Gasteiger partial charge in [-0.25, -0.2) is 4.68 Å². The minimum absolute atomic E-state index is 0.543. The van der Waals surface area contributed by atoms with E-state index in [0.29, 0.717) is 6.04 Å². The zero-order chi connectivity index (χ0) is 11.5. The van der Waals surface area contributed by atoms with Crippen molar-refractivity contribution in [3.05, 3.63) is 11.8 Å². The summed E-state index contributed by atoms with van der Waals surface area (Å²) in [5.74, 6) is 1.77. The van der Waals surface area contributed by atoms with Crippen LogP contribution in [0.3, 0.4) is 0 Å². The molecule has 16 heavy (non-hydrogen) atoms. The second-order valence-corrected chi connectivity index (χ2v) is 5.12. The van der Waals surface area contributed by atoms with E-state index in [1.807, 2.05) is 17.7 Å². The highest BCUT2D eigenvalue weighted by atomic mass is 15.3. The highest BCUT2D eigenvalue weighted by Crippen LogP contribution is 2.35. The Bertz CT molecular complexity index is 335. The Morgan fingerprint density at radius 3 is 2.56 bits per heavy atom. The molecule has 0 bridgehead atoms. The fourth-order valence-electron chi connectivity index (χ4n) is 2.92. The lowest BCUT2D eigenvalue weighted by molar-refractivity contribution is 0.252. The monoisotopic (exact) mass is 221 g/mol. The summed E-state index contributed by atoms with van der Waals surface area (Å²) in [5, 5.41) is 4.50. The van der Waals surface area contributed by atoms with Crippen LogP contribution in [0.5, 0.6) is 0 Å². The van der Waals surface area contributed by atoms with Crippen molar-refractivity contribution in [2.24, 2.45) is 5.92 Å². The molecule has 1 aliphatic rings. The van der Waals surface area contributed by atoms with Crippen LogP contribution < -0.4 is 5.73 Å². The zero-order valence-corrected chi connectivity index (χ0v) is 10.4. The first-order chi connectivity index (χ1) is 7.70. The Balaban J connectivity index is 1.96. The molecule has 0 aliphatic heterocycles. The minimum atomic E-state index is 0.543. The smallest absolute Gasteiger partial charge is 0.122 e. The van der Waals surface area contributed by atoms with Crippen molar-refractivity contribution in [3.8, 4) is 0 Å². The maximum Gasteiger partial charge on any atom is 0.122 e. The van der Waals surface area contributed by atoms with Crippen LogP contribution in [-0.4, -0.2) is 9.78 Å². The molecule has 1 aromatic rings. The van der Waals surface area contributed by atoms with Gasteiger partial charge in [0.1, 0.15) is 5.82 Å². The maximum atomic E-state index is 5.97. The van der Waals surface area contributed by atoms with Crippen molar-refractivity contribution in [1.82, 2.24) is 9.78 Å². The number of hydrogen-bond acceptors (Lipinski definition) is 2. The van der Waals surface area contributed by atoms with Gasteiger partial charge in [-0.3, -0.25) is 0 Å². The van der Waals surface area contributed by atoms with Gasteiger partial charge in [0, 0.05) is 6.07 Å². The first-order valence-electron chi connectivity index (χ1n) is 6.52. The summed E-state index contributed by atoms with van der Waals surface area (Å²) >= 11 is 0. The second kappa shape index (κ2) is 4.89. The number of nitrogens with zero attached hydrogens (tertiary/aromatic N) is 2. The number of rotatable bonds is 3. The number of anilines is 1. The summed E-state index contributed by atoms with van der Waals surface area (Å²) in [6, 6.07) is 2.51. The standard InChI is InChI=1S/C13H23N3/c1-3-4-11-5-7-12(8-6-11)16-13(14)9-10(2)15-16/h9,11-12H,3-8,14H2,1-2H3. The van der Waals surface area contributed by atoms with E-state index in [0.717, 1.165) is 17.4 Å². The van der Waals surface area contributed by atoms with Crippen LogP contribution >= 0.6 is 0 Å². The fourth-order valence-corrected chi connectivity index (χ4v) is 2.92. The number of nitrogen functional groups attached to an aromatic ring is 1. The summed E-state index contributed by atoms with van der Waals surface area (Å²) in [7, 11) is 0. The van der Waals surface area contributed by atoms with Crippen LogP contribution in [0.2, 0.25) is 0 Å². The molecule has 2 N–H and O–H groups in total. The molecule has 1 fully saturated rings. The quantitative estimate of drug-likeness (QED) is 0.851. The second-order valence-electron chi connectivity index (χ2n) is 5.12. The van der Waals surface area contributed by atoms with E-state index >= 15 is 0 Å². The lowest BCUT2D eigenvalue weighted by Crippen LogP contribution is -2.20. The van der Waals surface area contributed by atoms with Gasteiger partial charge in [-0.05, 0) is 38.5 Å². The van der Waals surface area contributed by atoms with Gasteiger partial charge in [-0.1, -0.05) is 19.8 Å². The Morgan fingerprint density at radius 1 is 1.38 bits per heavy atom. The Morgan fingerprint density at radius 2 is 2.06 bits per heavy atom. The van der Waals surface area contributed by atoms with Crippen molar-refractivity contribution < 1.29 is 0 Å². The maximum absolute atomic E-state index is 5.97. The van der Waals surface area contributed by atoms with Crippen molar-refractivity contribution in [2.75, 3.05) is 5.73 Å². The molecule has 0 aromatic carbocycles. The molecule has 0 unspecified atom stereocenters. The molecular formula is C13H23N3. The third-order valence-electron chi connectivity index (χ3n) is 3.75. The largest absolute Gasteiger partial charge is 0.384 e. The molecule has 1 saturated carbocycles. The molecule has 0 radical (unpaired) electrons. The van der Waals surface area contributed by atoms with Crippen molar-refractivity contribution in [2.45, 2.75) is 58.4 Å². The first kappa shape index (κ1) is 11.5. The van der Waals surface area contributed by atoms with E-state index in [9.17, 15) is 0 Å². The first-order valence-corrected chi connectivity index (χ1v) is 6.52.